The molecule has 9 heteroatoms. The summed E-state index contributed by atoms with van der Waals surface area (Å²) < 4.78 is 26.9. The van der Waals surface area contributed by atoms with E-state index in [9.17, 15) is 13.2 Å². The molecule has 2 aromatic rings. The number of aromatic nitrogens is 2. The van der Waals surface area contributed by atoms with Gasteiger partial charge in [0.2, 0.25) is 15.2 Å². The minimum absolute atomic E-state index is 0.0554. The van der Waals surface area contributed by atoms with Gasteiger partial charge in [-0.05, 0) is 44.9 Å². The number of amides is 1. The van der Waals surface area contributed by atoms with E-state index in [4.69, 9.17) is 0 Å². The van der Waals surface area contributed by atoms with E-state index in [2.05, 4.69) is 20.2 Å². The first-order valence-corrected chi connectivity index (χ1v) is 9.92. The molecule has 0 bridgehead atoms. The number of rotatable bonds is 6. The first-order valence-electron chi connectivity index (χ1n) is 7.62. The average Bonchev–Trinajstić information content (AvgIpc) is 3.26. The summed E-state index contributed by atoms with van der Waals surface area (Å²) in [6, 6.07) is 5.68. The van der Waals surface area contributed by atoms with Gasteiger partial charge in [-0.1, -0.05) is 17.4 Å². The quantitative estimate of drug-likeness (QED) is 0.817. The molecule has 3 rings (SSSR count). The highest BCUT2D eigenvalue weighted by Gasteiger charge is 2.28. The van der Waals surface area contributed by atoms with Crippen LogP contribution in [-0.2, 0) is 10.0 Å². The third-order valence-electron chi connectivity index (χ3n) is 3.39. The Labute approximate surface area is 144 Å². The largest absolute Gasteiger partial charge is 0.296 e. The first-order chi connectivity index (χ1) is 11.3. The third-order valence-corrected chi connectivity index (χ3v) is 6.04. The Morgan fingerprint density at radius 3 is 2.71 bits per heavy atom. The van der Waals surface area contributed by atoms with Crippen LogP contribution in [0.2, 0.25) is 0 Å². The van der Waals surface area contributed by atoms with Crippen LogP contribution in [0.5, 0.6) is 0 Å². The fourth-order valence-electron chi connectivity index (χ4n) is 2.13. The van der Waals surface area contributed by atoms with Crippen molar-refractivity contribution >= 4 is 32.4 Å². The zero-order chi connectivity index (χ0) is 17.3. The summed E-state index contributed by atoms with van der Waals surface area (Å²) in [4.78, 5) is 12.4. The van der Waals surface area contributed by atoms with E-state index in [0.29, 0.717) is 11.0 Å². The van der Waals surface area contributed by atoms with Gasteiger partial charge in [-0.3, -0.25) is 10.1 Å². The standard InChI is InChI=1S/C15H18N4O3S2/c1-9(2)19-24(21,22)12-5-3-4-11(8-12)13(20)16-15-18-17-14(23-15)10-6-7-10/h3-5,8-10,19H,6-7H2,1-2H3,(H,16,18,20). The highest BCUT2D eigenvalue weighted by molar-refractivity contribution is 7.89. The van der Waals surface area contributed by atoms with Crippen LogP contribution < -0.4 is 10.0 Å². The minimum Gasteiger partial charge on any atom is -0.296 e. The van der Waals surface area contributed by atoms with Crippen LogP contribution in [0.3, 0.4) is 0 Å². The maximum Gasteiger partial charge on any atom is 0.257 e. The van der Waals surface area contributed by atoms with Crippen molar-refractivity contribution < 1.29 is 13.2 Å². The van der Waals surface area contributed by atoms with E-state index in [-0.39, 0.29) is 16.5 Å². The molecule has 0 atom stereocenters. The Morgan fingerprint density at radius 2 is 2.04 bits per heavy atom. The number of benzene rings is 1. The monoisotopic (exact) mass is 366 g/mol. The first kappa shape index (κ1) is 17.0. The molecule has 1 aliphatic rings. The molecular weight excluding hydrogens is 348 g/mol. The topological polar surface area (TPSA) is 101 Å². The summed E-state index contributed by atoms with van der Waals surface area (Å²) in [5.74, 6) is 0.0684. The lowest BCUT2D eigenvalue weighted by Crippen LogP contribution is -2.30. The summed E-state index contributed by atoms with van der Waals surface area (Å²) in [6.07, 6.45) is 2.23. The molecule has 7 nitrogen and oxygen atoms in total. The molecule has 1 fully saturated rings. The van der Waals surface area contributed by atoms with Gasteiger partial charge in [-0.25, -0.2) is 13.1 Å². The van der Waals surface area contributed by atoms with Crippen molar-refractivity contribution in [1.29, 1.82) is 0 Å². The Balaban J connectivity index is 1.76. The van der Waals surface area contributed by atoms with Gasteiger partial charge < -0.3 is 0 Å². The van der Waals surface area contributed by atoms with Crippen molar-refractivity contribution in [2.75, 3.05) is 5.32 Å². The smallest absolute Gasteiger partial charge is 0.257 e. The van der Waals surface area contributed by atoms with E-state index < -0.39 is 15.9 Å². The molecule has 0 saturated heterocycles. The fourth-order valence-corrected chi connectivity index (χ4v) is 4.34. The van der Waals surface area contributed by atoms with Crippen LogP contribution in [0.15, 0.2) is 29.2 Å². The van der Waals surface area contributed by atoms with Gasteiger partial charge in [-0.15, -0.1) is 10.2 Å². The SMILES string of the molecule is CC(C)NS(=O)(=O)c1cccc(C(=O)Nc2nnc(C3CC3)s2)c1. The fraction of sp³-hybridized carbons (Fsp3) is 0.400. The van der Waals surface area contributed by atoms with Crippen molar-refractivity contribution in [3.8, 4) is 0 Å². The number of nitrogens with one attached hydrogen (secondary N) is 2. The molecule has 1 aromatic heterocycles. The van der Waals surface area contributed by atoms with Crippen LogP contribution in [0.1, 0.15) is 48.0 Å². The van der Waals surface area contributed by atoms with Gasteiger partial charge in [0.25, 0.3) is 5.91 Å². The second-order valence-corrected chi connectivity index (χ2v) is 8.70. The van der Waals surface area contributed by atoms with Gasteiger partial charge in [0.05, 0.1) is 4.90 Å². The van der Waals surface area contributed by atoms with E-state index in [1.165, 1.54) is 23.5 Å². The predicted octanol–water partition coefficient (Wildman–Crippen LogP) is 2.35. The van der Waals surface area contributed by atoms with Crippen molar-refractivity contribution in [3.05, 3.63) is 34.8 Å². The van der Waals surface area contributed by atoms with Gasteiger partial charge in [0.15, 0.2) is 0 Å². The minimum atomic E-state index is -3.64. The number of carbonyl (C=O) groups excluding carboxylic acids is 1. The molecule has 1 saturated carbocycles. The second-order valence-electron chi connectivity index (χ2n) is 5.98. The number of hydrogen-bond donors (Lipinski definition) is 2. The van der Waals surface area contributed by atoms with Crippen LogP contribution >= 0.6 is 11.3 Å². The molecule has 0 radical (unpaired) electrons. The van der Waals surface area contributed by atoms with Crippen LogP contribution in [0.25, 0.3) is 0 Å². The maximum absolute atomic E-state index is 12.3. The lowest BCUT2D eigenvalue weighted by atomic mass is 10.2. The van der Waals surface area contributed by atoms with Crippen LogP contribution in [0, 0.1) is 0 Å². The molecule has 24 heavy (non-hydrogen) atoms. The molecule has 0 spiro atoms. The highest BCUT2D eigenvalue weighted by Crippen LogP contribution is 2.42. The number of carbonyl (C=O) groups is 1. The Kier molecular flexibility index (Phi) is 4.66. The van der Waals surface area contributed by atoms with Crippen LogP contribution in [-0.4, -0.2) is 30.6 Å². The van der Waals surface area contributed by atoms with Gasteiger partial charge in [-0.2, -0.15) is 0 Å². The third kappa shape index (κ3) is 3.97. The van der Waals surface area contributed by atoms with Crippen LogP contribution in [0.4, 0.5) is 5.13 Å². The van der Waals surface area contributed by atoms with E-state index >= 15 is 0 Å². The van der Waals surface area contributed by atoms with E-state index in [1.54, 1.807) is 26.0 Å². The summed E-state index contributed by atoms with van der Waals surface area (Å²) in [7, 11) is -3.64. The highest BCUT2D eigenvalue weighted by atomic mass is 32.2. The van der Waals surface area contributed by atoms with Crippen molar-refractivity contribution in [2.45, 2.75) is 43.5 Å². The Hall–Kier alpha value is -1.84. The van der Waals surface area contributed by atoms with Crippen molar-refractivity contribution in [1.82, 2.24) is 14.9 Å². The van der Waals surface area contributed by atoms with Crippen molar-refractivity contribution in [3.63, 3.8) is 0 Å². The number of sulfonamides is 1. The van der Waals surface area contributed by atoms with E-state index in [0.717, 1.165) is 17.8 Å². The number of hydrogen-bond acceptors (Lipinski definition) is 6. The molecule has 1 aromatic carbocycles. The zero-order valence-electron chi connectivity index (χ0n) is 13.3. The summed E-state index contributed by atoms with van der Waals surface area (Å²) in [5, 5.41) is 12.1. The summed E-state index contributed by atoms with van der Waals surface area (Å²) in [6.45, 7) is 3.47. The Morgan fingerprint density at radius 1 is 1.29 bits per heavy atom. The van der Waals surface area contributed by atoms with Crippen molar-refractivity contribution in [2.24, 2.45) is 0 Å². The number of anilines is 1. The Bertz CT molecular complexity index is 857. The van der Waals surface area contributed by atoms with Gasteiger partial charge in [0, 0.05) is 17.5 Å². The molecule has 1 heterocycles. The summed E-state index contributed by atoms with van der Waals surface area (Å²) >= 11 is 1.36. The maximum atomic E-state index is 12.3. The molecule has 0 unspecified atom stereocenters. The summed E-state index contributed by atoms with van der Waals surface area (Å²) in [5.41, 5.74) is 0.254. The van der Waals surface area contributed by atoms with Gasteiger partial charge >= 0.3 is 0 Å². The predicted molar refractivity (Wildman–Crippen MR) is 91.7 cm³/mol. The molecular formula is C15H18N4O3S2. The molecule has 0 aliphatic heterocycles. The molecule has 1 amide bonds. The second kappa shape index (κ2) is 6.58. The number of nitrogens with zero attached hydrogens (tertiary/aromatic N) is 2. The van der Waals surface area contributed by atoms with Gasteiger partial charge in [0.1, 0.15) is 5.01 Å². The van der Waals surface area contributed by atoms with E-state index in [1.807, 2.05) is 0 Å². The zero-order valence-corrected chi connectivity index (χ0v) is 14.9. The lowest BCUT2D eigenvalue weighted by molar-refractivity contribution is 0.102. The molecule has 1 aliphatic carbocycles. The molecule has 2 N–H and O–H groups in total. The molecule has 128 valence electrons. The normalized spacial score (nSPS) is 14.8. The lowest BCUT2D eigenvalue weighted by Gasteiger charge is -2.10. The average molecular weight is 366 g/mol.